The Balaban J connectivity index is 3.21. The van der Waals surface area contributed by atoms with Crippen molar-refractivity contribution in [3.63, 3.8) is 0 Å². The molecule has 3 heteroatoms. The van der Waals surface area contributed by atoms with E-state index in [1.165, 1.54) is 19.3 Å². The molecule has 0 aliphatic rings. The number of rotatable bonds is 6. The van der Waals surface area contributed by atoms with Crippen molar-refractivity contribution in [3.05, 3.63) is 0 Å². The molecule has 0 aromatic carbocycles. The molecule has 0 unspecified atom stereocenters. The summed E-state index contributed by atoms with van der Waals surface area (Å²) in [6, 6.07) is 0. The van der Waals surface area contributed by atoms with Crippen molar-refractivity contribution in [1.82, 2.24) is 4.90 Å². The first-order valence-electron chi connectivity index (χ1n) is 4.42. The van der Waals surface area contributed by atoms with Gasteiger partial charge in [0.2, 0.25) is 0 Å². The maximum atomic E-state index is 8.38. The highest BCUT2D eigenvalue weighted by Gasteiger charge is 1.97. The van der Waals surface area contributed by atoms with Crippen molar-refractivity contribution in [2.75, 3.05) is 6.54 Å². The van der Waals surface area contributed by atoms with E-state index in [-0.39, 0.29) is 0 Å². The van der Waals surface area contributed by atoms with Crippen LogP contribution < -0.4 is 0 Å². The molecule has 0 amide bonds. The molecule has 0 aliphatic carbocycles. The topological polar surface area (TPSA) is 50.8 Å². The van der Waals surface area contributed by atoms with E-state index in [0.29, 0.717) is 6.54 Å². The Hall–Kier alpha value is -1.22. The van der Waals surface area contributed by atoms with Gasteiger partial charge in [0.05, 0.1) is 0 Å². The van der Waals surface area contributed by atoms with Crippen LogP contribution in [-0.4, -0.2) is 11.4 Å². The fourth-order valence-corrected chi connectivity index (χ4v) is 0.996. The van der Waals surface area contributed by atoms with Crippen LogP contribution in [0.1, 0.15) is 39.0 Å². The molecule has 0 spiro atoms. The lowest BCUT2D eigenvalue weighted by Crippen LogP contribution is -2.11. The first-order chi connectivity index (χ1) is 5.85. The second kappa shape index (κ2) is 7.88. The lowest BCUT2D eigenvalue weighted by Gasteiger charge is -2.03. The Morgan fingerprint density at radius 3 is 2.08 bits per heavy atom. The van der Waals surface area contributed by atoms with E-state index < -0.39 is 0 Å². The maximum absolute atomic E-state index is 8.38. The normalized spacial score (nSPS) is 8.58. The molecular formula is C9H15N3. The zero-order chi connectivity index (χ0) is 9.23. The minimum atomic E-state index is 0.580. The van der Waals surface area contributed by atoms with Gasteiger partial charge in [-0.15, -0.1) is 0 Å². The van der Waals surface area contributed by atoms with Crippen LogP contribution in [0.2, 0.25) is 0 Å². The van der Waals surface area contributed by atoms with Gasteiger partial charge >= 0.3 is 0 Å². The molecule has 0 bridgehead atoms. The molecule has 0 fully saturated rings. The standard InChI is InChI=1S/C9H15N3/c1-2-3-4-5-6-7-12(8-10)9-11/h2-7H2,1H3. The molecule has 0 heterocycles. The summed E-state index contributed by atoms with van der Waals surface area (Å²) in [7, 11) is 0. The Labute approximate surface area is 74.2 Å². The minimum Gasteiger partial charge on any atom is -0.216 e. The fourth-order valence-electron chi connectivity index (χ4n) is 0.996. The van der Waals surface area contributed by atoms with Crippen LogP contribution in [0.4, 0.5) is 0 Å². The number of hydrogen-bond donors (Lipinski definition) is 0. The average Bonchev–Trinajstić information content (AvgIpc) is 2.11. The van der Waals surface area contributed by atoms with Crippen molar-refractivity contribution < 1.29 is 0 Å². The quantitative estimate of drug-likeness (QED) is 0.344. The second-order valence-electron chi connectivity index (χ2n) is 2.77. The molecule has 0 radical (unpaired) electrons. The average molecular weight is 165 g/mol. The van der Waals surface area contributed by atoms with Crippen LogP contribution in [0.15, 0.2) is 0 Å². The maximum Gasteiger partial charge on any atom is 0.193 e. The van der Waals surface area contributed by atoms with Gasteiger partial charge in [-0.3, -0.25) is 0 Å². The van der Waals surface area contributed by atoms with Crippen LogP contribution in [0.5, 0.6) is 0 Å². The number of hydrogen-bond acceptors (Lipinski definition) is 3. The highest BCUT2D eigenvalue weighted by molar-refractivity contribution is 4.85. The van der Waals surface area contributed by atoms with Gasteiger partial charge in [-0.25, -0.2) is 4.90 Å². The van der Waals surface area contributed by atoms with E-state index in [4.69, 9.17) is 10.5 Å². The summed E-state index contributed by atoms with van der Waals surface area (Å²) >= 11 is 0. The summed E-state index contributed by atoms with van der Waals surface area (Å²) in [5.74, 6) is 0. The molecule has 0 aromatic rings. The zero-order valence-corrected chi connectivity index (χ0v) is 7.58. The van der Waals surface area contributed by atoms with Gasteiger partial charge in [0.15, 0.2) is 12.4 Å². The lowest BCUT2D eigenvalue weighted by molar-refractivity contribution is 0.495. The molecule has 0 aromatic heterocycles. The predicted octanol–water partition coefficient (Wildman–Crippen LogP) is 2.22. The Morgan fingerprint density at radius 1 is 1.00 bits per heavy atom. The van der Waals surface area contributed by atoms with Crippen LogP contribution in [0.3, 0.4) is 0 Å². The molecule has 0 saturated carbocycles. The van der Waals surface area contributed by atoms with Crippen molar-refractivity contribution in [1.29, 1.82) is 10.5 Å². The molecule has 3 nitrogen and oxygen atoms in total. The predicted molar refractivity (Wildman–Crippen MR) is 46.7 cm³/mol. The van der Waals surface area contributed by atoms with E-state index in [1.54, 1.807) is 0 Å². The van der Waals surface area contributed by atoms with Crippen LogP contribution in [0.25, 0.3) is 0 Å². The third kappa shape index (κ3) is 5.56. The van der Waals surface area contributed by atoms with Gasteiger partial charge < -0.3 is 0 Å². The third-order valence-electron chi connectivity index (χ3n) is 1.73. The molecule has 66 valence electrons. The van der Waals surface area contributed by atoms with Crippen molar-refractivity contribution >= 4 is 0 Å². The first kappa shape index (κ1) is 10.8. The molecule has 0 N–H and O–H groups in total. The summed E-state index contributed by atoms with van der Waals surface area (Å²) in [5.41, 5.74) is 0. The number of nitriles is 2. The molecule has 0 saturated heterocycles. The van der Waals surface area contributed by atoms with Crippen LogP contribution in [-0.2, 0) is 0 Å². The van der Waals surface area contributed by atoms with E-state index in [1.807, 2.05) is 12.4 Å². The smallest absolute Gasteiger partial charge is 0.193 e. The van der Waals surface area contributed by atoms with Crippen molar-refractivity contribution in [3.8, 4) is 12.4 Å². The zero-order valence-electron chi connectivity index (χ0n) is 7.58. The second-order valence-corrected chi connectivity index (χ2v) is 2.77. The summed E-state index contributed by atoms with van der Waals surface area (Å²) in [5, 5.41) is 16.8. The molecule has 0 aliphatic heterocycles. The van der Waals surface area contributed by atoms with E-state index in [0.717, 1.165) is 17.7 Å². The van der Waals surface area contributed by atoms with Gasteiger partial charge in [0.25, 0.3) is 0 Å². The first-order valence-corrected chi connectivity index (χ1v) is 4.42. The molecular weight excluding hydrogens is 150 g/mol. The summed E-state index contributed by atoms with van der Waals surface area (Å²) in [6.45, 7) is 2.74. The lowest BCUT2D eigenvalue weighted by atomic mass is 10.1. The van der Waals surface area contributed by atoms with Crippen LogP contribution >= 0.6 is 0 Å². The van der Waals surface area contributed by atoms with Crippen LogP contribution in [0, 0.1) is 22.9 Å². The van der Waals surface area contributed by atoms with Crippen molar-refractivity contribution in [2.24, 2.45) is 0 Å². The summed E-state index contributed by atoms with van der Waals surface area (Å²) in [4.78, 5) is 1.12. The largest absolute Gasteiger partial charge is 0.216 e. The van der Waals surface area contributed by atoms with Gasteiger partial charge in [-0.2, -0.15) is 10.5 Å². The summed E-state index contributed by atoms with van der Waals surface area (Å²) < 4.78 is 0. The monoisotopic (exact) mass is 165 g/mol. The molecule has 0 atom stereocenters. The number of unbranched alkanes of at least 4 members (excludes halogenated alkanes) is 4. The minimum absolute atomic E-state index is 0.580. The van der Waals surface area contributed by atoms with Crippen molar-refractivity contribution in [2.45, 2.75) is 39.0 Å². The third-order valence-corrected chi connectivity index (χ3v) is 1.73. The van der Waals surface area contributed by atoms with Gasteiger partial charge in [-0.05, 0) is 6.42 Å². The summed E-state index contributed by atoms with van der Waals surface area (Å²) in [6.07, 6.45) is 9.38. The Kier molecular flexibility index (Phi) is 7.08. The Morgan fingerprint density at radius 2 is 1.58 bits per heavy atom. The van der Waals surface area contributed by atoms with E-state index in [2.05, 4.69) is 6.92 Å². The van der Waals surface area contributed by atoms with Gasteiger partial charge in [0.1, 0.15) is 0 Å². The van der Waals surface area contributed by atoms with E-state index >= 15 is 0 Å². The number of nitrogens with zero attached hydrogens (tertiary/aromatic N) is 3. The van der Waals surface area contributed by atoms with Gasteiger partial charge in [-0.1, -0.05) is 32.6 Å². The SMILES string of the molecule is CCCCCCCN(C#N)C#N. The van der Waals surface area contributed by atoms with E-state index in [9.17, 15) is 0 Å². The highest BCUT2D eigenvalue weighted by Crippen LogP contribution is 2.02. The molecule has 12 heavy (non-hydrogen) atoms. The van der Waals surface area contributed by atoms with Gasteiger partial charge in [0, 0.05) is 6.54 Å². The Bertz CT molecular complexity index is 161. The molecule has 0 rings (SSSR count). The fraction of sp³-hybridized carbons (Fsp3) is 0.778. The highest BCUT2D eigenvalue weighted by atomic mass is 15.1.